The van der Waals surface area contributed by atoms with Crippen molar-refractivity contribution in [1.82, 2.24) is 10.2 Å². The first-order valence-corrected chi connectivity index (χ1v) is 8.86. The van der Waals surface area contributed by atoms with Crippen molar-refractivity contribution in [1.29, 1.82) is 0 Å². The molecule has 1 aliphatic carbocycles. The maximum Gasteiger partial charge on any atom is 0.226 e. The molecule has 0 saturated carbocycles. The quantitative estimate of drug-likeness (QED) is 0.875. The lowest BCUT2D eigenvalue weighted by molar-refractivity contribution is -0.130. The van der Waals surface area contributed by atoms with Crippen LogP contribution in [0.4, 0.5) is 0 Å². The first-order chi connectivity index (χ1) is 11.5. The van der Waals surface area contributed by atoms with Crippen LogP contribution >= 0.6 is 0 Å². The van der Waals surface area contributed by atoms with E-state index in [-0.39, 0.29) is 17.9 Å². The smallest absolute Gasteiger partial charge is 0.226 e. The average molecular weight is 330 g/mol. The zero-order chi connectivity index (χ0) is 17.1. The molecule has 1 aromatic carbocycles. The fraction of sp³-hybridized carbons (Fsp3) is 0.579. The number of likely N-dealkylation sites (tertiary alicyclic amines) is 1. The molecule has 2 N–H and O–H groups in total. The third-order valence-electron chi connectivity index (χ3n) is 5.13. The zero-order valence-corrected chi connectivity index (χ0v) is 14.3. The minimum absolute atomic E-state index is 0.101. The van der Waals surface area contributed by atoms with Crippen LogP contribution in [0.1, 0.15) is 42.9 Å². The summed E-state index contributed by atoms with van der Waals surface area (Å²) in [6.45, 7) is 2.57. The fourth-order valence-corrected chi connectivity index (χ4v) is 3.79. The van der Waals surface area contributed by atoms with Crippen molar-refractivity contribution in [2.45, 2.75) is 57.6 Å². The number of benzene rings is 1. The summed E-state index contributed by atoms with van der Waals surface area (Å²) < 4.78 is 0. The highest BCUT2D eigenvalue weighted by atomic mass is 16.3. The highest BCUT2D eigenvalue weighted by Gasteiger charge is 2.27. The monoisotopic (exact) mass is 330 g/mol. The Hall–Kier alpha value is -1.88. The van der Waals surface area contributed by atoms with Crippen molar-refractivity contribution >= 4 is 11.8 Å². The Morgan fingerprint density at radius 2 is 1.96 bits per heavy atom. The van der Waals surface area contributed by atoms with E-state index in [0.717, 1.165) is 18.4 Å². The second-order valence-corrected chi connectivity index (χ2v) is 6.97. The molecule has 1 saturated heterocycles. The van der Waals surface area contributed by atoms with Gasteiger partial charge < -0.3 is 15.3 Å². The highest BCUT2D eigenvalue weighted by molar-refractivity contribution is 5.79. The minimum atomic E-state index is -0.591. The lowest BCUT2D eigenvalue weighted by Crippen LogP contribution is -2.42. The van der Waals surface area contributed by atoms with Gasteiger partial charge in [0.1, 0.15) is 0 Å². The fourth-order valence-electron chi connectivity index (χ4n) is 3.79. The molecule has 3 rings (SSSR count). The molecule has 2 atom stereocenters. The van der Waals surface area contributed by atoms with E-state index in [2.05, 4.69) is 23.5 Å². The van der Waals surface area contributed by atoms with Crippen molar-refractivity contribution in [3.05, 3.63) is 34.9 Å². The molecule has 0 unspecified atom stereocenters. The molecular weight excluding hydrogens is 304 g/mol. The summed E-state index contributed by atoms with van der Waals surface area (Å²) in [6, 6.07) is 6.13. The van der Waals surface area contributed by atoms with Gasteiger partial charge in [-0.1, -0.05) is 18.2 Å². The summed E-state index contributed by atoms with van der Waals surface area (Å²) in [4.78, 5) is 25.6. The number of carbonyl (C=O) groups excluding carboxylic acids is 2. The normalized spacial score (nSPS) is 23.5. The summed E-state index contributed by atoms with van der Waals surface area (Å²) in [7, 11) is 0. The molecule has 0 spiro atoms. The van der Waals surface area contributed by atoms with Gasteiger partial charge in [-0.2, -0.15) is 0 Å². The van der Waals surface area contributed by atoms with Crippen LogP contribution in [0.2, 0.25) is 0 Å². The molecule has 24 heavy (non-hydrogen) atoms. The molecule has 1 heterocycles. The molecule has 0 radical (unpaired) electrons. The van der Waals surface area contributed by atoms with Crippen molar-refractivity contribution < 1.29 is 14.7 Å². The van der Waals surface area contributed by atoms with Gasteiger partial charge >= 0.3 is 0 Å². The second kappa shape index (κ2) is 7.34. The van der Waals surface area contributed by atoms with E-state index in [9.17, 15) is 14.7 Å². The summed E-state index contributed by atoms with van der Waals surface area (Å²) in [5.41, 5.74) is 3.88. The van der Waals surface area contributed by atoms with Gasteiger partial charge in [0, 0.05) is 20.0 Å². The maximum absolute atomic E-state index is 12.6. The first-order valence-electron chi connectivity index (χ1n) is 8.86. The van der Waals surface area contributed by atoms with Crippen molar-refractivity contribution in [2.75, 3.05) is 13.1 Å². The van der Waals surface area contributed by atoms with Gasteiger partial charge in [0.25, 0.3) is 0 Å². The number of aryl methyl sites for hydroxylation is 2. The summed E-state index contributed by atoms with van der Waals surface area (Å²) >= 11 is 0. The predicted octanol–water partition coefficient (Wildman–Crippen LogP) is 1.21. The molecule has 2 aliphatic rings. The third kappa shape index (κ3) is 3.96. The van der Waals surface area contributed by atoms with Crippen LogP contribution in [0.3, 0.4) is 0 Å². The molecule has 130 valence electrons. The molecule has 1 aliphatic heterocycles. The number of rotatable bonds is 3. The van der Waals surface area contributed by atoms with E-state index in [1.165, 1.54) is 24.5 Å². The zero-order valence-electron chi connectivity index (χ0n) is 14.3. The molecule has 2 amide bonds. The van der Waals surface area contributed by atoms with E-state index < -0.39 is 6.10 Å². The summed E-state index contributed by atoms with van der Waals surface area (Å²) in [5, 5.41) is 12.9. The lowest BCUT2D eigenvalue weighted by Gasteiger charge is -2.21. The summed E-state index contributed by atoms with van der Waals surface area (Å²) in [5.74, 6) is -0.0411. The minimum Gasteiger partial charge on any atom is -0.391 e. The van der Waals surface area contributed by atoms with Crippen LogP contribution < -0.4 is 5.32 Å². The Balaban J connectivity index is 1.60. The van der Waals surface area contributed by atoms with Crippen LogP contribution in [-0.2, 0) is 28.9 Å². The first kappa shape index (κ1) is 17.0. The summed E-state index contributed by atoms with van der Waals surface area (Å²) in [6.07, 6.45) is 4.39. The number of aliphatic hydroxyl groups excluding tert-OH is 1. The number of fused-ring (bicyclic) bond motifs is 1. The van der Waals surface area contributed by atoms with E-state index in [1.807, 2.05) is 4.90 Å². The topological polar surface area (TPSA) is 69.6 Å². The molecule has 1 aromatic rings. The van der Waals surface area contributed by atoms with Gasteiger partial charge in [-0.3, -0.25) is 9.59 Å². The van der Waals surface area contributed by atoms with Crippen molar-refractivity contribution in [2.24, 2.45) is 0 Å². The van der Waals surface area contributed by atoms with E-state index >= 15 is 0 Å². The Kier molecular flexibility index (Phi) is 5.19. The van der Waals surface area contributed by atoms with Gasteiger partial charge in [-0.25, -0.2) is 0 Å². The van der Waals surface area contributed by atoms with Crippen LogP contribution in [0.15, 0.2) is 18.2 Å². The van der Waals surface area contributed by atoms with Gasteiger partial charge in [0.05, 0.1) is 18.6 Å². The van der Waals surface area contributed by atoms with Crippen molar-refractivity contribution in [3.63, 3.8) is 0 Å². The van der Waals surface area contributed by atoms with E-state index in [0.29, 0.717) is 32.4 Å². The van der Waals surface area contributed by atoms with E-state index in [1.54, 1.807) is 0 Å². The highest BCUT2D eigenvalue weighted by Crippen LogP contribution is 2.23. The molecule has 5 heteroatoms. The number of amides is 2. The maximum atomic E-state index is 12.6. The van der Waals surface area contributed by atoms with Crippen LogP contribution in [0.25, 0.3) is 0 Å². The second-order valence-electron chi connectivity index (χ2n) is 6.97. The number of nitrogens with zero attached hydrogens (tertiary/aromatic N) is 1. The SMILES string of the molecule is CC(=O)N[C@H]1CCN(C(=O)Cc2ccc3c(c2)CCC3)CC[C@@H]1O. The number of hydrogen-bond acceptors (Lipinski definition) is 3. The van der Waals surface area contributed by atoms with Gasteiger partial charge in [-0.05, 0) is 48.8 Å². The average Bonchev–Trinajstić information content (AvgIpc) is 2.92. The van der Waals surface area contributed by atoms with Gasteiger partial charge in [0.15, 0.2) is 0 Å². The standard InChI is InChI=1S/C19H26N2O3/c1-13(22)20-17-7-9-21(10-8-18(17)23)19(24)12-14-5-6-15-3-2-4-16(15)11-14/h5-6,11,17-18,23H,2-4,7-10,12H2,1H3,(H,20,22)/t17-,18-/m0/s1. The van der Waals surface area contributed by atoms with Crippen molar-refractivity contribution in [3.8, 4) is 0 Å². The molecule has 0 bridgehead atoms. The Bertz CT molecular complexity index is 629. The largest absolute Gasteiger partial charge is 0.391 e. The van der Waals surface area contributed by atoms with Crippen LogP contribution in [0, 0.1) is 0 Å². The molecule has 0 aromatic heterocycles. The van der Waals surface area contributed by atoms with Crippen LogP contribution in [-0.4, -0.2) is 47.1 Å². The Morgan fingerprint density at radius 3 is 2.75 bits per heavy atom. The van der Waals surface area contributed by atoms with E-state index in [4.69, 9.17) is 0 Å². The van der Waals surface area contributed by atoms with Gasteiger partial charge in [0.2, 0.25) is 11.8 Å². The van der Waals surface area contributed by atoms with Crippen LogP contribution in [0.5, 0.6) is 0 Å². The molecule has 5 nitrogen and oxygen atoms in total. The predicted molar refractivity (Wildman–Crippen MR) is 91.6 cm³/mol. The Labute approximate surface area is 143 Å². The number of hydrogen-bond donors (Lipinski definition) is 2. The van der Waals surface area contributed by atoms with Gasteiger partial charge in [-0.15, -0.1) is 0 Å². The number of aliphatic hydroxyl groups is 1. The molecule has 1 fully saturated rings. The lowest BCUT2D eigenvalue weighted by atomic mass is 10.0. The number of carbonyl (C=O) groups is 2. The third-order valence-corrected chi connectivity index (χ3v) is 5.13. The Morgan fingerprint density at radius 1 is 1.21 bits per heavy atom. The number of nitrogens with one attached hydrogen (secondary N) is 1. The molecular formula is C19H26N2O3.